The molecule has 2 heterocycles. The second-order valence-corrected chi connectivity index (χ2v) is 6.13. The zero-order valence-electron chi connectivity index (χ0n) is 14.1. The number of carbonyl (C=O) groups is 1. The molecular weight excluding hydrogens is 280 g/mol. The molecule has 0 aliphatic carbocycles. The van der Waals surface area contributed by atoms with E-state index in [-0.39, 0.29) is 5.91 Å². The van der Waals surface area contributed by atoms with Crippen LogP contribution in [0.5, 0.6) is 0 Å². The number of nitrogens with zero attached hydrogens (tertiary/aromatic N) is 5. The maximum absolute atomic E-state index is 11.9. The molecule has 1 N–H and O–H groups in total. The quantitative estimate of drug-likeness (QED) is 0.834. The van der Waals surface area contributed by atoms with Crippen molar-refractivity contribution in [2.45, 2.75) is 39.8 Å². The Kier molecular flexibility index (Phi) is 5.18. The molecular formula is C15H26N6O. The molecule has 0 radical (unpaired) electrons. The number of rotatable bonds is 7. The van der Waals surface area contributed by atoms with Crippen LogP contribution in [0, 0.1) is 6.92 Å². The first kappa shape index (κ1) is 16.5. The van der Waals surface area contributed by atoms with E-state index in [9.17, 15) is 4.79 Å². The zero-order valence-corrected chi connectivity index (χ0v) is 14.1. The molecule has 7 nitrogen and oxygen atoms in total. The highest BCUT2D eigenvalue weighted by molar-refractivity contribution is 5.78. The number of nitrogens with one attached hydrogen (secondary N) is 1. The van der Waals surface area contributed by atoms with Gasteiger partial charge < -0.3 is 10.2 Å². The average Bonchev–Trinajstić information content (AvgIpc) is 2.98. The molecule has 0 aliphatic heterocycles. The van der Waals surface area contributed by atoms with Crippen LogP contribution in [0.4, 0.5) is 0 Å². The summed E-state index contributed by atoms with van der Waals surface area (Å²) in [5, 5.41) is 11.9. The highest BCUT2D eigenvalue weighted by Gasteiger charge is 2.15. The molecule has 0 aliphatic rings. The van der Waals surface area contributed by atoms with Gasteiger partial charge in [0.15, 0.2) is 0 Å². The standard InChI is InChI=1S/C15H26N6O/c1-11(2)21-13-10-17-20(15(13)12(3)18-21)8-6-14(22)16-7-9-19(4)5/h10-11H,6-9H2,1-5H3,(H,16,22). The van der Waals surface area contributed by atoms with Crippen molar-refractivity contribution in [1.82, 2.24) is 29.8 Å². The van der Waals surface area contributed by atoms with Crippen LogP contribution < -0.4 is 5.32 Å². The van der Waals surface area contributed by atoms with Gasteiger partial charge in [-0.2, -0.15) is 10.2 Å². The predicted molar refractivity (Wildman–Crippen MR) is 86.8 cm³/mol. The van der Waals surface area contributed by atoms with Gasteiger partial charge in [-0.05, 0) is 34.9 Å². The van der Waals surface area contributed by atoms with Crippen LogP contribution in [-0.4, -0.2) is 57.6 Å². The van der Waals surface area contributed by atoms with E-state index >= 15 is 0 Å². The Morgan fingerprint density at radius 3 is 2.77 bits per heavy atom. The Morgan fingerprint density at radius 2 is 2.14 bits per heavy atom. The van der Waals surface area contributed by atoms with Gasteiger partial charge in [-0.25, -0.2) is 0 Å². The van der Waals surface area contributed by atoms with Gasteiger partial charge in [-0.1, -0.05) is 0 Å². The van der Waals surface area contributed by atoms with Crippen molar-refractivity contribution in [2.75, 3.05) is 27.2 Å². The van der Waals surface area contributed by atoms with E-state index in [1.54, 1.807) is 0 Å². The highest BCUT2D eigenvalue weighted by Crippen LogP contribution is 2.21. The molecule has 0 atom stereocenters. The van der Waals surface area contributed by atoms with Crippen LogP contribution in [0.25, 0.3) is 11.0 Å². The summed E-state index contributed by atoms with van der Waals surface area (Å²) in [7, 11) is 3.98. The summed E-state index contributed by atoms with van der Waals surface area (Å²) in [6, 6.07) is 0.295. The number of carbonyl (C=O) groups excluding carboxylic acids is 1. The molecule has 122 valence electrons. The Morgan fingerprint density at radius 1 is 1.41 bits per heavy atom. The Balaban J connectivity index is 1.99. The fourth-order valence-corrected chi connectivity index (χ4v) is 2.46. The minimum Gasteiger partial charge on any atom is -0.355 e. The van der Waals surface area contributed by atoms with E-state index in [4.69, 9.17) is 0 Å². The van der Waals surface area contributed by atoms with Gasteiger partial charge in [-0.3, -0.25) is 14.2 Å². The average molecular weight is 306 g/mol. The van der Waals surface area contributed by atoms with Crippen molar-refractivity contribution < 1.29 is 4.79 Å². The monoisotopic (exact) mass is 306 g/mol. The Labute approximate surface area is 131 Å². The second-order valence-electron chi connectivity index (χ2n) is 6.13. The maximum atomic E-state index is 11.9. The number of hydrogen-bond acceptors (Lipinski definition) is 4. The third-order valence-electron chi connectivity index (χ3n) is 3.59. The summed E-state index contributed by atoms with van der Waals surface area (Å²) in [5.74, 6) is 0.0550. The molecule has 0 fully saturated rings. The third kappa shape index (κ3) is 3.65. The SMILES string of the molecule is Cc1nn(C(C)C)c2cnn(CCC(=O)NCCN(C)C)c12. The molecule has 1 amide bonds. The van der Waals surface area contributed by atoms with Crippen LogP contribution in [0.15, 0.2) is 6.20 Å². The molecule has 0 spiro atoms. The van der Waals surface area contributed by atoms with Gasteiger partial charge in [0.25, 0.3) is 0 Å². The minimum atomic E-state index is 0.0550. The van der Waals surface area contributed by atoms with Crippen LogP contribution >= 0.6 is 0 Å². The summed E-state index contributed by atoms with van der Waals surface area (Å²) < 4.78 is 3.85. The van der Waals surface area contributed by atoms with E-state index in [0.29, 0.717) is 25.6 Å². The van der Waals surface area contributed by atoms with Crippen LogP contribution in [0.1, 0.15) is 32.0 Å². The fraction of sp³-hybridized carbons (Fsp3) is 0.667. The van der Waals surface area contributed by atoms with Crippen molar-refractivity contribution in [3.8, 4) is 0 Å². The Bertz CT molecular complexity index is 640. The van der Waals surface area contributed by atoms with Crippen LogP contribution in [0.3, 0.4) is 0 Å². The van der Waals surface area contributed by atoms with Crippen molar-refractivity contribution in [3.05, 3.63) is 11.9 Å². The van der Waals surface area contributed by atoms with Gasteiger partial charge in [0, 0.05) is 25.6 Å². The maximum Gasteiger partial charge on any atom is 0.221 e. The van der Waals surface area contributed by atoms with E-state index < -0.39 is 0 Å². The Hall–Kier alpha value is -1.89. The van der Waals surface area contributed by atoms with E-state index in [0.717, 1.165) is 23.3 Å². The number of fused-ring (bicyclic) bond motifs is 1. The van der Waals surface area contributed by atoms with Gasteiger partial charge in [0.2, 0.25) is 5.91 Å². The first-order chi connectivity index (χ1) is 10.4. The van der Waals surface area contributed by atoms with Crippen molar-refractivity contribution in [2.24, 2.45) is 0 Å². The van der Waals surface area contributed by atoms with Gasteiger partial charge >= 0.3 is 0 Å². The normalized spacial score (nSPS) is 11.8. The first-order valence-electron chi connectivity index (χ1n) is 7.72. The summed E-state index contributed by atoms with van der Waals surface area (Å²) >= 11 is 0. The zero-order chi connectivity index (χ0) is 16.3. The molecule has 0 aromatic carbocycles. The predicted octanol–water partition coefficient (Wildman–Crippen LogP) is 1.19. The molecule has 0 saturated heterocycles. The topological polar surface area (TPSA) is 68.0 Å². The summed E-state index contributed by atoms with van der Waals surface area (Å²) in [6.07, 6.45) is 2.26. The minimum absolute atomic E-state index is 0.0550. The number of likely N-dealkylation sites (N-methyl/N-ethyl adjacent to an activating group) is 1. The fourth-order valence-electron chi connectivity index (χ4n) is 2.46. The van der Waals surface area contributed by atoms with Crippen molar-refractivity contribution in [3.63, 3.8) is 0 Å². The number of hydrogen-bond donors (Lipinski definition) is 1. The molecule has 2 aromatic rings. The first-order valence-corrected chi connectivity index (χ1v) is 7.72. The van der Waals surface area contributed by atoms with Crippen molar-refractivity contribution in [1.29, 1.82) is 0 Å². The van der Waals surface area contributed by atoms with Crippen LogP contribution in [0.2, 0.25) is 0 Å². The lowest BCUT2D eigenvalue weighted by atomic mass is 10.3. The van der Waals surface area contributed by atoms with Crippen molar-refractivity contribution >= 4 is 16.9 Å². The molecule has 0 saturated carbocycles. The van der Waals surface area contributed by atoms with Gasteiger partial charge in [0.1, 0.15) is 11.0 Å². The number of amides is 1. The number of aromatic nitrogens is 4. The molecule has 7 heteroatoms. The van der Waals surface area contributed by atoms with Crippen LogP contribution in [-0.2, 0) is 11.3 Å². The molecule has 2 rings (SSSR count). The summed E-state index contributed by atoms with van der Waals surface area (Å²) in [4.78, 5) is 13.9. The van der Waals surface area contributed by atoms with E-state index in [1.165, 1.54) is 0 Å². The van der Waals surface area contributed by atoms with Gasteiger partial charge in [-0.15, -0.1) is 0 Å². The van der Waals surface area contributed by atoms with E-state index in [1.807, 2.05) is 41.5 Å². The largest absolute Gasteiger partial charge is 0.355 e. The van der Waals surface area contributed by atoms with E-state index in [2.05, 4.69) is 29.4 Å². The highest BCUT2D eigenvalue weighted by atomic mass is 16.1. The molecule has 0 bridgehead atoms. The lowest BCUT2D eigenvalue weighted by Crippen LogP contribution is -2.31. The lowest BCUT2D eigenvalue weighted by Gasteiger charge is -2.10. The molecule has 0 unspecified atom stereocenters. The third-order valence-corrected chi connectivity index (χ3v) is 3.59. The summed E-state index contributed by atoms with van der Waals surface area (Å²) in [6.45, 7) is 8.27. The second kappa shape index (κ2) is 6.91. The lowest BCUT2D eigenvalue weighted by molar-refractivity contribution is -0.121. The summed E-state index contributed by atoms with van der Waals surface area (Å²) in [5.41, 5.74) is 3.00. The molecule has 22 heavy (non-hydrogen) atoms. The smallest absolute Gasteiger partial charge is 0.221 e. The molecule has 2 aromatic heterocycles. The van der Waals surface area contributed by atoms with Gasteiger partial charge in [0.05, 0.1) is 18.4 Å². The number of aryl methyl sites for hydroxylation is 2.